The van der Waals surface area contributed by atoms with Gasteiger partial charge in [0.05, 0.1) is 5.41 Å². The number of carbonyl (C=O) groups is 2. The Balaban J connectivity index is 2.70. The van der Waals surface area contributed by atoms with E-state index >= 15 is 0 Å². The van der Waals surface area contributed by atoms with Gasteiger partial charge in [-0.2, -0.15) is 0 Å². The van der Waals surface area contributed by atoms with Crippen LogP contribution >= 0.6 is 0 Å². The molecule has 1 aliphatic rings. The van der Waals surface area contributed by atoms with Crippen LogP contribution in [0.3, 0.4) is 0 Å². The molecule has 4 nitrogen and oxygen atoms in total. The minimum atomic E-state index is -1.94. The number of hydrogen-bond donors (Lipinski definition) is 2. The van der Waals surface area contributed by atoms with Crippen LogP contribution in [0, 0.1) is 17.5 Å². The number of halogens is 3. The molecule has 20 heavy (non-hydrogen) atoms. The van der Waals surface area contributed by atoms with Crippen molar-refractivity contribution in [3.05, 3.63) is 34.6 Å². The van der Waals surface area contributed by atoms with E-state index in [0.29, 0.717) is 18.9 Å². The Bertz CT molecular complexity index is 592. The van der Waals surface area contributed by atoms with E-state index in [1.165, 1.54) is 0 Å². The summed E-state index contributed by atoms with van der Waals surface area (Å²) in [7, 11) is 0. The van der Waals surface area contributed by atoms with Crippen molar-refractivity contribution in [2.75, 3.05) is 0 Å². The second-order valence-corrected chi connectivity index (χ2v) is 4.81. The number of carboxylic acids is 2. The zero-order valence-electron chi connectivity index (χ0n) is 10.3. The van der Waals surface area contributed by atoms with Crippen LogP contribution in [-0.2, 0) is 10.2 Å². The zero-order valence-corrected chi connectivity index (χ0v) is 10.3. The van der Waals surface area contributed by atoms with Gasteiger partial charge in [-0.15, -0.1) is 0 Å². The number of rotatable bonds is 3. The van der Waals surface area contributed by atoms with E-state index < -0.39 is 45.9 Å². The van der Waals surface area contributed by atoms with Crippen molar-refractivity contribution in [2.24, 2.45) is 0 Å². The highest BCUT2D eigenvalue weighted by molar-refractivity contribution is 5.89. The van der Waals surface area contributed by atoms with E-state index in [9.17, 15) is 27.9 Å². The van der Waals surface area contributed by atoms with Crippen LogP contribution in [0.25, 0.3) is 0 Å². The molecule has 0 heterocycles. The SMILES string of the molecule is O=C(O)c1c(F)cc(C2(C(=O)O)CCCC2)c(F)c1F. The summed E-state index contributed by atoms with van der Waals surface area (Å²) in [6.45, 7) is 0. The number of carboxylic acid groups (broad SMARTS) is 2. The van der Waals surface area contributed by atoms with Crippen molar-refractivity contribution in [1.82, 2.24) is 0 Å². The van der Waals surface area contributed by atoms with Crippen LogP contribution in [0.2, 0.25) is 0 Å². The lowest BCUT2D eigenvalue weighted by atomic mass is 9.78. The van der Waals surface area contributed by atoms with Gasteiger partial charge in [0, 0.05) is 5.56 Å². The summed E-state index contributed by atoms with van der Waals surface area (Å²) in [6, 6.07) is 0.487. The van der Waals surface area contributed by atoms with E-state index in [4.69, 9.17) is 5.11 Å². The fourth-order valence-electron chi connectivity index (χ4n) is 2.72. The molecule has 1 aromatic rings. The van der Waals surface area contributed by atoms with Gasteiger partial charge in [-0.1, -0.05) is 12.8 Å². The number of benzene rings is 1. The Morgan fingerprint density at radius 3 is 2.05 bits per heavy atom. The molecule has 0 radical (unpaired) electrons. The molecule has 0 spiro atoms. The lowest BCUT2D eigenvalue weighted by molar-refractivity contribution is -0.143. The van der Waals surface area contributed by atoms with E-state index in [-0.39, 0.29) is 12.8 Å². The van der Waals surface area contributed by atoms with Crippen molar-refractivity contribution in [2.45, 2.75) is 31.1 Å². The Morgan fingerprint density at radius 2 is 1.60 bits per heavy atom. The quantitative estimate of drug-likeness (QED) is 0.839. The fraction of sp³-hybridized carbons (Fsp3) is 0.385. The minimum Gasteiger partial charge on any atom is -0.481 e. The Morgan fingerprint density at radius 1 is 1.05 bits per heavy atom. The van der Waals surface area contributed by atoms with Crippen LogP contribution in [0.1, 0.15) is 41.6 Å². The molecule has 0 atom stereocenters. The van der Waals surface area contributed by atoms with Gasteiger partial charge in [0.1, 0.15) is 11.4 Å². The smallest absolute Gasteiger partial charge is 0.341 e. The van der Waals surface area contributed by atoms with Crippen molar-refractivity contribution in [3.8, 4) is 0 Å². The summed E-state index contributed by atoms with van der Waals surface area (Å²) >= 11 is 0. The van der Waals surface area contributed by atoms with Gasteiger partial charge in [-0.3, -0.25) is 4.79 Å². The van der Waals surface area contributed by atoms with Gasteiger partial charge in [0.25, 0.3) is 0 Å². The predicted octanol–water partition coefficient (Wildman–Crippen LogP) is 2.70. The Hall–Kier alpha value is -2.05. The Kier molecular flexibility index (Phi) is 3.45. The standard InChI is InChI=1S/C13H11F3O4/c14-7-5-6(9(15)10(16)8(7)11(17)18)13(12(19)20)3-1-2-4-13/h5H,1-4H2,(H,17,18)(H,19,20). The molecule has 0 amide bonds. The molecular formula is C13H11F3O4. The van der Waals surface area contributed by atoms with Crippen LogP contribution in [0.15, 0.2) is 6.07 Å². The highest BCUT2D eigenvalue weighted by Gasteiger charge is 2.46. The van der Waals surface area contributed by atoms with Gasteiger partial charge in [0.15, 0.2) is 11.6 Å². The summed E-state index contributed by atoms with van der Waals surface area (Å²) in [5.74, 6) is -8.25. The van der Waals surface area contributed by atoms with E-state index in [1.54, 1.807) is 0 Å². The third-order valence-electron chi connectivity index (χ3n) is 3.75. The molecule has 0 saturated heterocycles. The van der Waals surface area contributed by atoms with Crippen molar-refractivity contribution < 1.29 is 33.0 Å². The number of aromatic carboxylic acids is 1. The average Bonchev–Trinajstić information content (AvgIpc) is 2.83. The highest BCUT2D eigenvalue weighted by atomic mass is 19.2. The predicted molar refractivity (Wildman–Crippen MR) is 61.1 cm³/mol. The molecule has 0 aromatic heterocycles. The molecule has 1 fully saturated rings. The first-order valence-electron chi connectivity index (χ1n) is 5.96. The van der Waals surface area contributed by atoms with Gasteiger partial charge >= 0.3 is 11.9 Å². The monoisotopic (exact) mass is 288 g/mol. The maximum absolute atomic E-state index is 14.0. The highest BCUT2D eigenvalue weighted by Crippen LogP contribution is 2.43. The molecule has 2 N–H and O–H groups in total. The van der Waals surface area contributed by atoms with Gasteiger partial charge < -0.3 is 10.2 Å². The summed E-state index contributed by atoms with van der Waals surface area (Å²) in [4.78, 5) is 22.1. The van der Waals surface area contributed by atoms with Gasteiger partial charge in [-0.05, 0) is 18.9 Å². The third-order valence-corrected chi connectivity index (χ3v) is 3.75. The summed E-state index contributed by atoms with van der Waals surface area (Å²) in [5, 5.41) is 17.9. The number of hydrogen-bond acceptors (Lipinski definition) is 2. The maximum Gasteiger partial charge on any atom is 0.341 e. The van der Waals surface area contributed by atoms with Crippen molar-refractivity contribution >= 4 is 11.9 Å². The van der Waals surface area contributed by atoms with Gasteiger partial charge in [-0.25, -0.2) is 18.0 Å². The van der Waals surface area contributed by atoms with Crippen LogP contribution < -0.4 is 0 Å². The summed E-state index contributed by atoms with van der Waals surface area (Å²) < 4.78 is 41.3. The molecule has 7 heteroatoms. The fourth-order valence-corrected chi connectivity index (χ4v) is 2.72. The van der Waals surface area contributed by atoms with Crippen LogP contribution in [0.4, 0.5) is 13.2 Å². The summed E-state index contributed by atoms with van der Waals surface area (Å²) in [5.41, 5.74) is -3.73. The first-order valence-corrected chi connectivity index (χ1v) is 5.96. The lowest BCUT2D eigenvalue weighted by Crippen LogP contribution is -2.34. The first kappa shape index (κ1) is 14.4. The van der Waals surface area contributed by atoms with Crippen molar-refractivity contribution in [3.63, 3.8) is 0 Å². The molecule has 108 valence electrons. The molecule has 1 aliphatic carbocycles. The minimum absolute atomic E-state index is 0.0601. The molecular weight excluding hydrogens is 277 g/mol. The molecule has 0 aliphatic heterocycles. The van der Waals surface area contributed by atoms with Crippen LogP contribution in [0.5, 0.6) is 0 Å². The summed E-state index contributed by atoms with van der Waals surface area (Å²) in [6.07, 6.45) is 1.11. The van der Waals surface area contributed by atoms with E-state index in [2.05, 4.69) is 0 Å². The third kappa shape index (κ3) is 1.93. The zero-order chi connectivity index (χ0) is 15.1. The van der Waals surface area contributed by atoms with Crippen molar-refractivity contribution in [1.29, 1.82) is 0 Å². The maximum atomic E-state index is 14.0. The molecule has 1 aromatic carbocycles. The molecule has 0 unspecified atom stereocenters. The second kappa shape index (κ2) is 4.81. The lowest BCUT2D eigenvalue weighted by Gasteiger charge is -2.25. The Labute approximate surface area is 111 Å². The average molecular weight is 288 g/mol. The van der Waals surface area contributed by atoms with Gasteiger partial charge in [0.2, 0.25) is 0 Å². The van der Waals surface area contributed by atoms with E-state index in [1.807, 2.05) is 0 Å². The van der Waals surface area contributed by atoms with Crippen LogP contribution in [-0.4, -0.2) is 22.2 Å². The molecule has 1 saturated carbocycles. The van der Waals surface area contributed by atoms with E-state index in [0.717, 1.165) is 0 Å². The molecule has 2 rings (SSSR count). The normalized spacial score (nSPS) is 17.1. The second-order valence-electron chi connectivity index (χ2n) is 4.81. The largest absolute Gasteiger partial charge is 0.481 e. The topological polar surface area (TPSA) is 74.6 Å². The first-order chi connectivity index (χ1) is 9.31. The number of aliphatic carboxylic acids is 1. The molecule has 0 bridgehead atoms.